The second-order valence-corrected chi connectivity index (χ2v) is 14.2. The fourth-order valence-electron chi connectivity index (χ4n) is 5.81. The molecule has 2 aliphatic carbocycles. The van der Waals surface area contributed by atoms with Gasteiger partial charge in [0.15, 0.2) is 11.6 Å². The lowest BCUT2D eigenvalue weighted by molar-refractivity contribution is -0.117. The minimum absolute atomic E-state index is 0.0762. The van der Waals surface area contributed by atoms with Crippen molar-refractivity contribution in [2.75, 3.05) is 0 Å². The molecule has 0 aromatic carbocycles. The molecule has 0 aromatic heterocycles. The molecule has 0 bridgehead atoms. The molecule has 0 radical (unpaired) electrons. The van der Waals surface area contributed by atoms with E-state index in [2.05, 4.69) is 128 Å². The highest BCUT2D eigenvalue weighted by atomic mass is 16.1. The van der Waals surface area contributed by atoms with Gasteiger partial charge in [-0.3, -0.25) is 9.59 Å². The van der Waals surface area contributed by atoms with Crippen LogP contribution in [-0.4, -0.2) is 11.6 Å². The summed E-state index contributed by atoms with van der Waals surface area (Å²) >= 11 is 0. The van der Waals surface area contributed by atoms with Crippen molar-refractivity contribution in [3.8, 4) is 0 Å². The fourth-order valence-corrected chi connectivity index (χ4v) is 5.81. The van der Waals surface area contributed by atoms with Crippen LogP contribution in [0.1, 0.15) is 108 Å². The Morgan fingerprint density at radius 2 is 0.952 bits per heavy atom. The Balaban J connectivity index is 1.77. The predicted molar refractivity (Wildman–Crippen MR) is 182 cm³/mol. The van der Waals surface area contributed by atoms with Crippen molar-refractivity contribution in [2.45, 2.75) is 108 Å². The minimum atomic E-state index is 0.0762. The number of ketones is 2. The lowest BCUT2D eigenvalue weighted by Gasteiger charge is -2.32. The molecule has 0 saturated carbocycles. The highest BCUT2D eigenvalue weighted by Gasteiger charge is 2.31. The van der Waals surface area contributed by atoms with Crippen LogP contribution in [0.3, 0.4) is 0 Å². The third-order valence-corrected chi connectivity index (χ3v) is 9.08. The van der Waals surface area contributed by atoms with Gasteiger partial charge >= 0.3 is 0 Å². The topological polar surface area (TPSA) is 34.1 Å². The van der Waals surface area contributed by atoms with Crippen LogP contribution in [-0.2, 0) is 9.59 Å². The SMILES string of the molecule is CC1=C(/C=C/C(C)C/C=C/C(C)/C=C/C=C/C(C)/C=C/CC(C)/C=C/C2=C(C)C(=O)CCC2(C)C)C(C)(C)CCC1=O. The summed E-state index contributed by atoms with van der Waals surface area (Å²) < 4.78 is 0. The molecule has 0 aliphatic heterocycles. The number of rotatable bonds is 13. The van der Waals surface area contributed by atoms with Crippen molar-refractivity contribution in [2.24, 2.45) is 34.5 Å². The molecule has 0 spiro atoms. The first-order chi connectivity index (χ1) is 19.6. The maximum atomic E-state index is 12.2. The molecule has 2 rings (SSSR count). The maximum Gasteiger partial charge on any atom is 0.158 e. The first-order valence-electron chi connectivity index (χ1n) is 16.2. The van der Waals surface area contributed by atoms with Crippen LogP contribution in [0, 0.1) is 34.5 Å². The zero-order chi connectivity index (χ0) is 31.5. The van der Waals surface area contributed by atoms with Gasteiger partial charge in [-0.1, -0.05) is 128 Å². The quantitative estimate of drug-likeness (QED) is 0.163. The van der Waals surface area contributed by atoms with E-state index in [-0.39, 0.29) is 10.8 Å². The standard InChI is InChI=1S/C40H58O2/c1-29(17-13-19-31(3)21-23-35-33(5)37(41)25-27-39(35,7)8)15-11-12-16-30(2)18-14-20-32(4)22-24-36-34(6)38(42)26-28-40(36,9)10/h11-18,21-24,29-32H,19-20,25-28H2,1-10H3/b15-11+,16-12+,17-13+,18-14+,23-21+,24-22+. The summed E-state index contributed by atoms with van der Waals surface area (Å²) in [7, 11) is 0. The molecule has 0 saturated heterocycles. The van der Waals surface area contributed by atoms with Gasteiger partial charge in [0, 0.05) is 12.8 Å². The second kappa shape index (κ2) is 16.2. The minimum Gasteiger partial charge on any atom is -0.295 e. The lowest BCUT2D eigenvalue weighted by atomic mass is 9.72. The molecule has 0 heterocycles. The molecular formula is C40H58O2. The van der Waals surface area contributed by atoms with Gasteiger partial charge in [0.1, 0.15) is 0 Å². The van der Waals surface area contributed by atoms with Crippen LogP contribution >= 0.6 is 0 Å². The number of hydrogen-bond donors (Lipinski definition) is 0. The summed E-state index contributed by atoms with van der Waals surface area (Å²) in [4.78, 5) is 24.3. The van der Waals surface area contributed by atoms with Crippen LogP contribution in [0.2, 0.25) is 0 Å². The molecular weight excluding hydrogens is 512 g/mol. The zero-order valence-corrected chi connectivity index (χ0v) is 28.3. The van der Waals surface area contributed by atoms with Crippen LogP contribution in [0.5, 0.6) is 0 Å². The number of Topliss-reactive ketones (excluding diaryl/α,β-unsaturated/α-hetero) is 2. The monoisotopic (exact) mass is 570 g/mol. The number of carbonyl (C=O) groups excluding carboxylic acids is 2. The van der Waals surface area contributed by atoms with E-state index in [1.807, 2.05) is 13.8 Å². The molecule has 4 atom stereocenters. The molecule has 0 fully saturated rings. The van der Waals surface area contributed by atoms with E-state index in [1.165, 1.54) is 11.1 Å². The van der Waals surface area contributed by atoms with E-state index in [1.54, 1.807) is 0 Å². The Bertz CT molecular complexity index is 1090. The summed E-state index contributed by atoms with van der Waals surface area (Å²) in [5, 5.41) is 0. The van der Waals surface area contributed by atoms with Crippen LogP contribution in [0.25, 0.3) is 0 Å². The summed E-state index contributed by atoms with van der Waals surface area (Å²) in [5.74, 6) is 2.22. The third kappa shape index (κ3) is 11.2. The first kappa shape index (κ1) is 35.5. The second-order valence-electron chi connectivity index (χ2n) is 14.2. The molecule has 2 heteroatoms. The van der Waals surface area contributed by atoms with Crippen molar-refractivity contribution < 1.29 is 9.59 Å². The molecule has 2 nitrogen and oxygen atoms in total. The summed E-state index contributed by atoms with van der Waals surface area (Å²) in [6.45, 7) is 21.8. The lowest BCUT2D eigenvalue weighted by Crippen LogP contribution is -2.24. The van der Waals surface area contributed by atoms with Crippen molar-refractivity contribution in [1.29, 1.82) is 0 Å². The van der Waals surface area contributed by atoms with E-state index >= 15 is 0 Å². The highest BCUT2D eigenvalue weighted by molar-refractivity contribution is 5.97. The third-order valence-electron chi connectivity index (χ3n) is 9.08. The maximum absolute atomic E-state index is 12.2. The van der Waals surface area contributed by atoms with Gasteiger partial charge in [0.25, 0.3) is 0 Å². The van der Waals surface area contributed by atoms with Crippen molar-refractivity contribution in [3.05, 3.63) is 95.2 Å². The Morgan fingerprint density at radius 3 is 1.31 bits per heavy atom. The van der Waals surface area contributed by atoms with Gasteiger partial charge in [-0.05, 0) is 96.3 Å². The molecule has 42 heavy (non-hydrogen) atoms. The molecule has 230 valence electrons. The van der Waals surface area contributed by atoms with E-state index in [0.29, 0.717) is 48.1 Å². The van der Waals surface area contributed by atoms with Gasteiger partial charge in [0.05, 0.1) is 0 Å². The Kier molecular flexibility index (Phi) is 13.7. The molecule has 4 unspecified atom stereocenters. The Hall–Kier alpha value is -2.74. The first-order valence-corrected chi connectivity index (χ1v) is 16.2. The van der Waals surface area contributed by atoms with Crippen molar-refractivity contribution in [3.63, 3.8) is 0 Å². The zero-order valence-electron chi connectivity index (χ0n) is 28.3. The van der Waals surface area contributed by atoms with E-state index in [9.17, 15) is 9.59 Å². The van der Waals surface area contributed by atoms with Gasteiger partial charge in [0.2, 0.25) is 0 Å². The van der Waals surface area contributed by atoms with Gasteiger partial charge in [-0.25, -0.2) is 0 Å². The number of allylic oxidation sites excluding steroid dienone is 16. The van der Waals surface area contributed by atoms with Gasteiger partial charge < -0.3 is 0 Å². The summed E-state index contributed by atoms with van der Waals surface area (Å²) in [5.41, 5.74) is 4.45. The van der Waals surface area contributed by atoms with E-state index in [4.69, 9.17) is 0 Å². The van der Waals surface area contributed by atoms with Crippen molar-refractivity contribution >= 4 is 11.6 Å². The molecule has 0 amide bonds. The fraction of sp³-hybridized carbons (Fsp3) is 0.550. The summed E-state index contributed by atoms with van der Waals surface area (Å²) in [6.07, 6.45) is 32.0. The van der Waals surface area contributed by atoms with Gasteiger partial charge in [-0.15, -0.1) is 0 Å². The number of hydrogen-bond acceptors (Lipinski definition) is 2. The largest absolute Gasteiger partial charge is 0.295 e. The van der Waals surface area contributed by atoms with Gasteiger partial charge in [-0.2, -0.15) is 0 Å². The summed E-state index contributed by atoms with van der Waals surface area (Å²) in [6, 6.07) is 0. The average Bonchev–Trinajstić information content (AvgIpc) is 2.91. The average molecular weight is 571 g/mol. The predicted octanol–water partition coefficient (Wildman–Crippen LogP) is 11.1. The number of carbonyl (C=O) groups is 2. The highest BCUT2D eigenvalue weighted by Crippen LogP contribution is 2.40. The van der Waals surface area contributed by atoms with E-state index in [0.717, 1.165) is 36.8 Å². The smallest absolute Gasteiger partial charge is 0.158 e. The molecule has 2 aliphatic rings. The molecule has 0 aromatic rings. The van der Waals surface area contributed by atoms with E-state index < -0.39 is 0 Å². The van der Waals surface area contributed by atoms with Crippen LogP contribution in [0.15, 0.2) is 95.2 Å². The normalized spacial score (nSPS) is 23.1. The van der Waals surface area contributed by atoms with Crippen LogP contribution in [0.4, 0.5) is 0 Å². The Morgan fingerprint density at radius 1 is 0.595 bits per heavy atom. The molecule has 0 N–H and O–H groups in total. The Labute approximate surface area is 258 Å². The van der Waals surface area contributed by atoms with Crippen molar-refractivity contribution in [1.82, 2.24) is 0 Å². The van der Waals surface area contributed by atoms with Crippen LogP contribution < -0.4 is 0 Å².